The summed E-state index contributed by atoms with van der Waals surface area (Å²) in [6.07, 6.45) is 1.37. The predicted molar refractivity (Wildman–Crippen MR) is 72.3 cm³/mol. The molecule has 0 aliphatic carbocycles. The van der Waals surface area contributed by atoms with Crippen LogP contribution in [0, 0.1) is 11.3 Å². The van der Waals surface area contributed by atoms with Crippen molar-refractivity contribution in [3.05, 3.63) is 29.3 Å². The Hall–Kier alpha value is -1.18. The second-order valence-electron chi connectivity index (χ2n) is 3.37. The molecule has 90 valence electrons. The molecule has 0 aliphatic heterocycles. The summed E-state index contributed by atoms with van der Waals surface area (Å²) < 4.78 is 0. The minimum atomic E-state index is -0.0470. The molecular weight excluding hydrogens is 256 g/mol. The second-order valence-corrected chi connectivity index (χ2v) is 4.91. The number of unbranched alkanes of at least 4 members (excludes halogenated alkanes) is 1. The summed E-state index contributed by atoms with van der Waals surface area (Å²) in [5.74, 6) is 1.18. The van der Waals surface area contributed by atoms with Crippen LogP contribution >= 0.6 is 23.4 Å². The normalized spacial score (nSPS) is 9.65. The Morgan fingerprint density at radius 1 is 1.53 bits per heavy atom. The number of halogens is 1. The van der Waals surface area contributed by atoms with E-state index in [1.165, 1.54) is 11.8 Å². The molecule has 0 spiro atoms. The standard InChI is InChI=1S/C12H13ClN2OS/c13-10-4-3-5-11(8-10)15-12(16)9-17-7-2-1-6-14/h3-5,8H,1-2,7,9H2,(H,15,16). The van der Waals surface area contributed by atoms with Crippen molar-refractivity contribution < 1.29 is 4.79 Å². The van der Waals surface area contributed by atoms with Crippen LogP contribution in [0.4, 0.5) is 5.69 Å². The number of nitrogens with zero attached hydrogens (tertiary/aromatic N) is 1. The molecule has 1 aromatic carbocycles. The van der Waals surface area contributed by atoms with E-state index in [9.17, 15) is 4.79 Å². The Morgan fingerprint density at radius 3 is 3.06 bits per heavy atom. The molecule has 5 heteroatoms. The van der Waals surface area contributed by atoms with Crippen LogP contribution in [0.25, 0.3) is 0 Å². The van der Waals surface area contributed by atoms with Gasteiger partial charge in [0.15, 0.2) is 0 Å². The fourth-order valence-corrected chi connectivity index (χ4v) is 2.12. The molecule has 0 saturated heterocycles. The first-order chi connectivity index (χ1) is 8.22. The molecule has 0 aromatic heterocycles. The van der Waals surface area contributed by atoms with E-state index >= 15 is 0 Å². The van der Waals surface area contributed by atoms with Crippen LogP contribution in [-0.2, 0) is 4.79 Å². The highest BCUT2D eigenvalue weighted by Crippen LogP contribution is 2.15. The van der Waals surface area contributed by atoms with Gasteiger partial charge >= 0.3 is 0 Å². The number of hydrogen-bond donors (Lipinski definition) is 1. The van der Waals surface area contributed by atoms with Gasteiger partial charge in [-0.2, -0.15) is 17.0 Å². The number of amides is 1. The van der Waals surface area contributed by atoms with Crippen molar-refractivity contribution in [2.45, 2.75) is 12.8 Å². The first kappa shape index (κ1) is 13.9. The topological polar surface area (TPSA) is 52.9 Å². The Labute approximate surface area is 110 Å². The minimum absolute atomic E-state index is 0.0470. The van der Waals surface area contributed by atoms with Crippen LogP contribution in [0.3, 0.4) is 0 Å². The lowest BCUT2D eigenvalue weighted by Crippen LogP contribution is -2.14. The third-order valence-electron chi connectivity index (χ3n) is 1.92. The lowest BCUT2D eigenvalue weighted by molar-refractivity contribution is -0.113. The van der Waals surface area contributed by atoms with Crippen LogP contribution in [0.1, 0.15) is 12.8 Å². The summed E-state index contributed by atoms with van der Waals surface area (Å²) in [6, 6.07) is 9.12. The van der Waals surface area contributed by atoms with Crippen LogP contribution in [0.15, 0.2) is 24.3 Å². The number of benzene rings is 1. The number of nitriles is 1. The molecular formula is C12H13ClN2OS. The Balaban J connectivity index is 2.23. The molecule has 0 saturated carbocycles. The highest BCUT2D eigenvalue weighted by molar-refractivity contribution is 7.99. The quantitative estimate of drug-likeness (QED) is 0.806. The SMILES string of the molecule is N#CCCCSCC(=O)Nc1cccc(Cl)c1. The van der Waals surface area contributed by atoms with E-state index in [2.05, 4.69) is 11.4 Å². The smallest absolute Gasteiger partial charge is 0.234 e. The Morgan fingerprint density at radius 2 is 2.35 bits per heavy atom. The largest absolute Gasteiger partial charge is 0.325 e. The molecule has 0 unspecified atom stereocenters. The lowest BCUT2D eigenvalue weighted by Gasteiger charge is -2.04. The number of nitrogens with one attached hydrogen (secondary N) is 1. The fourth-order valence-electron chi connectivity index (χ4n) is 1.18. The highest BCUT2D eigenvalue weighted by Gasteiger charge is 2.02. The Bertz CT molecular complexity index is 417. The number of thioether (sulfide) groups is 1. The van der Waals surface area contributed by atoms with Gasteiger partial charge in [-0.25, -0.2) is 0 Å². The third kappa shape index (κ3) is 6.20. The number of anilines is 1. The highest BCUT2D eigenvalue weighted by atomic mass is 35.5. The van der Waals surface area contributed by atoms with Crippen molar-refractivity contribution in [1.82, 2.24) is 0 Å². The number of carbonyl (C=O) groups is 1. The molecule has 1 aromatic rings. The van der Waals surface area contributed by atoms with E-state index in [4.69, 9.17) is 16.9 Å². The third-order valence-corrected chi connectivity index (χ3v) is 3.20. The lowest BCUT2D eigenvalue weighted by atomic mass is 10.3. The van der Waals surface area contributed by atoms with Gasteiger partial charge in [0, 0.05) is 17.1 Å². The molecule has 0 bridgehead atoms. The number of rotatable bonds is 6. The molecule has 0 aliphatic rings. The first-order valence-electron chi connectivity index (χ1n) is 5.22. The zero-order chi connectivity index (χ0) is 12.5. The fraction of sp³-hybridized carbons (Fsp3) is 0.333. The summed E-state index contributed by atoms with van der Waals surface area (Å²) in [6.45, 7) is 0. The molecule has 0 atom stereocenters. The summed E-state index contributed by atoms with van der Waals surface area (Å²) in [5, 5.41) is 11.7. The van der Waals surface area contributed by atoms with Gasteiger partial charge in [0.25, 0.3) is 0 Å². The van der Waals surface area contributed by atoms with Gasteiger partial charge in [0.1, 0.15) is 0 Å². The summed E-state index contributed by atoms with van der Waals surface area (Å²) in [7, 11) is 0. The molecule has 1 amide bonds. The van der Waals surface area contributed by atoms with Crippen LogP contribution in [0.2, 0.25) is 5.02 Å². The number of hydrogen-bond acceptors (Lipinski definition) is 3. The zero-order valence-corrected chi connectivity index (χ0v) is 10.9. The van der Waals surface area contributed by atoms with Gasteiger partial charge in [0.05, 0.1) is 11.8 Å². The van der Waals surface area contributed by atoms with Gasteiger partial charge < -0.3 is 5.32 Å². The van der Waals surface area contributed by atoms with Crippen LogP contribution in [0.5, 0.6) is 0 Å². The van der Waals surface area contributed by atoms with E-state index in [1.54, 1.807) is 24.3 Å². The van der Waals surface area contributed by atoms with Gasteiger partial charge in [0.2, 0.25) is 5.91 Å². The van der Waals surface area contributed by atoms with Crippen molar-refractivity contribution in [3.63, 3.8) is 0 Å². The van der Waals surface area contributed by atoms with Crippen molar-refractivity contribution >= 4 is 35.0 Å². The molecule has 17 heavy (non-hydrogen) atoms. The first-order valence-corrected chi connectivity index (χ1v) is 6.76. The average Bonchev–Trinajstić information content (AvgIpc) is 2.29. The molecule has 1 rings (SSSR count). The van der Waals surface area contributed by atoms with E-state index in [-0.39, 0.29) is 5.91 Å². The van der Waals surface area contributed by atoms with Crippen molar-refractivity contribution in [2.75, 3.05) is 16.8 Å². The van der Waals surface area contributed by atoms with E-state index in [1.807, 2.05) is 0 Å². The van der Waals surface area contributed by atoms with Crippen molar-refractivity contribution in [1.29, 1.82) is 5.26 Å². The Kier molecular flexibility index (Phi) is 6.53. The molecule has 0 fully saturated rings. The van der Waals surface area contributed by atoms with Gasteiger partial charge in [-0.3, -0.25) is 4.79 Å². The second kappa shape index (κ2) is 7.99. The van der Waals surface area contributed by atoms with Crippen molar-refractivity contribution in [2.24, 2.45) is 0 Å². The maximum absolute atomic E-state index is 11.5. The van der Waals surface area contributed by atoms with Gasteiger partial charge in [-0.15, -0.1) is 0 Å². The van der Waals surface area contributed by atoms with Gasteiger partial charge in [-0.05, 0) is 30.4 Å². The predicted octanol–water partition coefficient (Wildman–Crippen LogP) is 3.32. The van der Waals surface area contributed by atoms with Crippen molar-refractivity contribution in [3.8, 4) is 6.07 Å². The van der Waals surface area contributed by atoms with Crippen LogP contribution in [-0.4, -0.2) is 17.4 Å². The monoisotopic (exact) mass is 268 g/mol. The maximum Gasteiger partial charge on any atom is 0.234 e. The van der Waals surface area contributed by atoms with E-state index in [0.29, 0.717) is 22.9 Å². The summed E-state index contributed by atoms with van der Waals surface area (Å²) >= 11 is 7.33. The maximum atomic E-state index is 11.5. The van der Waals surface area contributed by atoms with Gasteiger partial charge in [-0.1, -0.05) is 17.7 Å². The summed E-state index contributed by atoms with van der Waals surface area (Å²) in [5.41, 5.74) is 0.708. The molecule has 3 nitrogen and oxygen atoms in total. The average molecular weight is 269 g/mol. The molecule has 0 radical (unpaired) electrons. The van der Waals surface area contributed by atoms with E-state index < -0.39 is 0 Å². The number of carbonyl (C=O) groups excluding carboxylic acids is 1. The molecule has 1 N–H and O–H groups in total. The van der Waals surface area contributed by atoms with Crippen LogP contribution < -0.4 is 5.32 Å². The molecule has 0 heterocycles. The van der Waals surface area contributed by atoms with E-state index in [0.717, 1.165) is 12.2 Å². The minimum Gasteiger partial charge on any atom is -0.325 e. The zero-order valence-electron chi connectivity index (χ0n) is 9.28. The summed E-state index contributed by atoms with van der Waals surface area (Å²) in [4.78, 5) is 11.5.